The second-order valence-corrected chi connectivity index (χ2v) is 7.29. The molecule has 136 valence electrons. The van der Waals surface area contributed by atoms with Gasteiger partial charge in [0.15, 0.2) is 0 Å². The van der Waals surface area contributed by atoms with Gasteiger partial charge in [0.1, 0.15) is 5.82 Å². The Morgan fingerprint density at radius 3 is 2.60 bits per heavy atom. The third kappa shape index (κ3) is 3.54. The fourth-order valence-electron chi connectivity index (χ4n) is 4.16. The second-order valence-electron chi connectivity index (χ2n) is 7.29. The highest BCUT2D eigenvalue weighted by molar-refractivity contribution is 5.90. The number of carbonyl (C=O) groups is 2. The predicted molar refractivity (Wildman–Crippen MR) is 91.0 cm³/mol. The highest BCUT2D eigenvalue weighted by atomic mass is 19.1. The third-order valence-electron chi connectivity index (χ3n) is 5.62. The van der Waals surface area contributed by atoms with E-state index in [0.717, 1.165) is 24.8 Å². The number of halogens is 1. The van der Waals surface area contributed by atoms with Gasteiger partial charge in [0.05, 0.1) is 18.1 Å². The van der Waals surface area contributed by atoms with E-state index in [1.54, 1.807) is 36.0 Å². The van der Waals surface area contributed by atoms with Gasteiger partial charge in [-0.2, -0.15) is 0 Å². The van der Waals surface area contributed by atoms with E-state index in [0.29, 0.717) is 6.54 Å². The first-order valence-corrected chi connectivity index (χ1v) is 8.82. The van der Waals surface area contributed by atoms with Crippen molar-refractivity contribution in [1.29, 1.82) is 0 Å². The molecule has 5 nitrogen and oxygen atoms in total. The Labute approximate surface area is 147 Å². The molecule has 0 spiro atoms. The molecule has 0 aromatic heterocycles. The standard InChI is InChI=1S/C19H25FN2O3/c1-21(11-13-4-3-5-16(13)23)19(25)15-10-17(24)22(2)18(15)12-6-8-14(20)9-7-12/h6-9,13,15-16,18,23H,3-5,10-11H2,1-2H3. The molecule has 1 aliphatic carbocycles. The smallest absolute Gasteiger partial charge is 0.228 e. The van der Waals surface area contributed by atoms with Crippen LogP contribution in [0, 0.1) is 17.7 Å². The summed E-state index contributed by atoms with van der Waals surface area (Å²) >= 11 is 0. The summed E-state index contributed by atoms with van der Waals surface area (Å²) in [6, 6.07) is 5.60. The van der Waals surface area contributed by atoms with Crippen molar-refractivity contribution < 1.29 is 19.1 Å². The predicted octanol–water partition coefficient (Wildman–Crippen LogP) is 1.96. The van der Waals surface area contributed by atoms with Crippen molar-refractivity contribution in [3.05, 3.63) is 35.6 Å². The first kappa shape index (κ1) is 17.9. The molecule has 1 saturated carbocycles. The van der Waals surface area contributed by atoms with Gasteiger partial charge in [0, 0.05) is 33.0 Å². The lowest BCUT2D eigenvalue weighted by Gasteiger charge is -2.29. The summed E-state index contributed by atoms with van der Waals surface area (Å²) < 4.78 is 13.2. The van der Waals surface area contributed by atoms with Crippen LogP contribution in [0.2, 0.25) is 0 Å². The van der Waals surface area contributed by atoms with Crippen molar-refractivity contribution >= 4 is 11.8 Å². The summed E-state index contributed by atoms with van der Waals surface area (Å²) in [5.41, 5.74) is 0.766. The molecule has 2 amide bonds. The maximum Gasteiger partial charge on any atom is 0.228 e. The van der Waals surface area contributed by atoms with Crippen LogP contribution in [0.1, 0.15) is 37.3 Å². The van der Waals surface area contributed by atoms with Crippen molar-refractivity contribution in [2.45, 2.75) is 37.8 Å². The minimum absolute atomic E-state index is 0.0815. The zero-order chi connectivity index (χ0) is 18.1. The molecule has 0 radical (unpaired) electrons. The number of hydrogen-bond donors (Lipinski definition) is 1. The zero-order valence-corrected chi connectivity index (χ0v) is 14.7. The van der Waals surface area contributed by atoms with Crippen LogP contribution in [-0.4, -0.2) is 53.5 Å². The van der Waals surface area contributed by atoms with Crippen LogP contribution >= 0.6 is 0 Å². The van der Waals surface area contributed by atoms with E-state index in [4.69, 9.17) is 0 Å². The van der Waals surface area contributed by atoms with E-state index in [2.05, 4.69) is 0 Å². The lowest BCUT2D eigenvalue weighted by molar-refractivity contribution is -0.136. The van der Waals surface area contributed by atoms with Crippen molar-refractivity contribution in [3.63, 3.8) is 0 Å². The van der Waals surface area contributed by atoms with Gasteiger partial charge >= 0.3 is 0 Å². The Hall–Kier alpha value is -1.95. The summed E-state index contributed by atoms with van der Waals surface area (Å²) in [4.78, 5) is 28.4. The number of hydrogen-bond acceptors (Lipinski definition) is 3. The molecule has 25 heavy (non-hydrogen) atoms. The number of nitrogens with zero attached hydrogens (tertiary/aromatic N) is 2. The highest BCUT2D eigenvalue weighted by Crippen LogP contribution is 2.38. The second kappa shape index (κ2) is 7.12. The van der Waals surface area contributed by atoms with Crippen LogP contribution in [0.4, 0.5) is 4.39 Å². The van der Waals surface area contributed by atoms with Crippen molar-refractivity contribution in [2.24, 2.45) is 11.8 Å². The highest BCUT2D eigenvalue weighted by Gasteiger charge is 2.44. The minimum Gasteiger partial charge on any atom is -0.393 e. The summed E-state index contributed by atoms with van der Waals surface area (Å²) in [6.07, 6.45) is 2.50. The number of benzene rings is 1. The molecule has 0 bridgehead atoms. The van der Waals surface area contributed by atoms with Gasteiger partial charge in [0.2, 0.25) is 11.8 Å². The van der Waals surface area contributed by atoms with Gasteiger partial charge in [-0.25, -0.2) is 4.39 Å². The Balaban J connectivity index is 1.77. The van der Waals surface area contributed by atoms with Crippen molar-refractivity contribution in [2.75, 3.05) is 20.6 Å². The van der Waals surface area contributed by atoms with Crippen LogP contribution in [0.15, 0.2) is 24.3 Å². The van der Waals surface area contributed by atoms with E-state index < -0.39 is 5.92 Å². The largest absolute Gasteiger partial charge is 0.393 e. The van der Waals surface area contributed by atoms with Gasteiger partial charge in [0.25, 0.3) is 0 Å². The fourth-order valence-corrected chi connectivity index (χ4v) is 4.16. The number of rotatable bonds is 4. The number of aliphatic hydroxyl groups is 1. The molecule has 1 heterocycles. The molecule has 1 aromatic carbocycles. The zero-order valence-electron chi connectivity index (χ0n) is 14.7. The quantitative estimate of drug-likeness (QED) is 0.905. The minimum atomic E-state index is -0.480. The number of aliphatic hydroxyl groups excluding tert-OH is 1. The monoisotopic (exact) mass is 348 g/mol. The van der Waals surface area contributed by atoms with Crippen LogP contribution in [0.25, 0.3) is 0 Å². The molecule has 2 aliphatic rings. The van der Waals surface area contributed by atoms with E-state index in [1.165, 1.54) is 12.1 Å². The summed E-state index contributed by atoms with van der Waals surface area (Å²) in [7, 11) is 3.42. The Morgan fingerprint density at radius 1 is 1.32 bits per heavy atom. The molecule has 3 rings (SSSR count). The van der Waals surface area contributed by atoms with Gasteiger partial charge in [-0.15, -0.1) is 0 Å². The molecule has 2 fully saturated rings. The van der Waals surface area contributed by atoms with Crippen LogP contribution < -0.4 is 0 Å². The molecule has 6 heteroatoms. The Bertz CT molecular complexity index is 649. The maximum absolute atomic E-state index is 13.2. The molecule has 4 unspecified atom stereocenters. The van der Waals surface area contributed by atoms with Gasteiger partial charge in [-0.3, -0.25) is 9.59 Å². The molecule has 1 saturated heterocycles. The van der Waals surface area contributed by atoms with E-state index >= 15 is 0 Å². The van der Waals surface area contributed by atoms with E-state index in [-0.39, 0.29) is 42.1 Å². The first-order chi connectivity index (χ1) is 11.9. The maximum atomic E-state index is 13.2. The van der Waals surface area contributed by atoms with E-state index in [9.17, 15) is 19.1 Å². The van der Waals surface area contributed by atoms with Crippen LogP contribution in [-0.2, 0) is 9.59 Å². The van der Waals surface area contributed by atoms with Gasteiger partial charge in [-0.05, 0) is 30.5 Å². The normalized spacial score (nSPS) is 29.3. The summed E-state index contributed by atoms with van der Waals surface area (Å²) in [5.74, 6) is -0.890. The summed E-state index contributed by atoms with van der Waals surface area (Å²) in [6.45, 7) is 0.505. The first-order valence-electron chi connectivity index (χ1n) is 8.82. The molecular weight excluding hydrogens is 323 g/mol. The van der Waals surface area contributed by atoms with Gasteiger partial charge in [-0.1, -0.05) is 18.6 Å². The fraction of sp³-hybridized carbons (Fsp3) is 0.579. The number of amides is 2. The van der Waals surface area contributed by atoms with Crippen molar-refractivity contribution in [3.8, 4) is 0 Å². The van der Waals surface area contributed by atoms with E-state index in [1.807, 2.05) is 0 Å². The SMILES string of the molecule is CN(CC1CCCC1O)C(=O)C1CC(=O)N(C)C1c1ccc(F)cc1. The number of likely N-dealkylation sites (tertiary alicyclic amines) is 1. The van der Waals surface area contributed by atoms with Crippen LogP contribution in [0.3, 0.4) is 0 Å². The topological polar surface area (TPSA) is 60.9 Å². The molecule has 1 N–H and O–H groups in total. The van der Waals surface area contributed by atoms with Crippen molar-refractivity contribution in [1.82, 2.24) is 9.80 Å². The average Bonchev–Trinajstić information content (AvgIpc) is 3.12. The lowest BCUT2D eigenvalue weighted by atomic mass is 9.92. The third-order valence-corrected chi connectivity index (χ3v) is 5.62. The average molecular weight is 348 g/mol. The number of carbonyl (C=O) groups excluding carboxylic acids is 2. The lowest BCUT2D eigenvalue weighted by Crippen LogP contribution is -2.40. The van der Waals surface area contributed by atoms with Gasteiger partial charge < -0.3 is 14.9 Å². The molecule has 4 atom stereocenters. The molecular formula is C19H25FN2O3. The van der Waals surface area contributed by atoms with Crippen LogP contribution in [0.5, 0.6) is 0 Å². The molecule has 1 aromatic rings. The Kier molecular flexibility index (Phi) is 5.08. The molecule has 1 aliphatic heterocycles. The Morgan fingerprint density at radius 2 is 2.00 bits per heavy atom. The summed E-state index contributed by atoms with van der Waals surface area (Å²) in [5, 5.41) is 9.99.